The summed E-state index contributed by atoms with van der Waals surface area (Å²) in [6, 6.07) is 7.54. The number of hydrogen-bond acceptors (Lipinski definition) is 5. The molecule has 6 nitrogen and oxygen atoms in total. The van der Waals surface area contributed by atoms with Gasteiger partial charge < -0.3 is 4.74 Å². The summed E-state index contributed by atoms with van der Waals surface area (Å²) in [5.41, 5.74) is 0.770. The van der Waals surface area contributed by atoms with Crippen molar-refractivity contribution in [1.82, 2.24) is 9.97 Å². The average molecular weight is 271 g/mol. The van der Waals surface area contributed by atoms with Crippen molar-refractivity contribution >= 4 is 28.7 Å². The Morgan fingerprint density at radius 3 is 3.00 bits per heavy atom. The molecule has 1 unspecified atom stereocenters. The number of hydrogen-bond donors (Lipinski definition) is 0. The summed E-state index contributed by atoms with van der Waals surface area (Å²) in [4.78, 5) is 33.5. The molecule has 102 valence electrons. The van der Waals surface area contributed by atoms with Crippen molar-refractivity contribution in [3.05, 3.63) is 30.5 Å². The molecule has 0 saturated carbocycles. The molecule has 0 radical (unpaired) electrons. The molecule has 0 aliphatic carbocycles. The van der Waals surface area contributed by atoms with Gasteiger partial charge in [0, 0.05) is 24.5 Å². The van der Waals surface area contributed by atoms with Crippen LogP contribution in [0.2, 0.25) is 0 Å². The van der Waals surface area contributed by atoms with E-state index in [2.05, 4.69) is 14.7 Å². The Kier molecular flexibility index (Phi) is 3.06. The molecule has 1 aliphatic heterocycles. The van der Waals surface area contributed by atoms with Gasteiger partial charge in [-0.05, 0) is 6.07 Å². The average Bonchev–Trinajstić information content (AvgIpc) is 2.88. The molecule has 1 aromatic heterocycles. The number of rotatable bonds is 2. The molecule has 2 aromatic rings. The van der Waals surface area contributed by atoms with Crippen LogP contribution in [-0.2, 0) is 14.3 Å². The molecule has 2 heterocycles. The Morgan fingerprint density at radius 1 is 1.40 bits per heavy atom. The minimum absolute atomic E-state index is 0.142. The number of carbonyl (C=O) groups excluding carboxylic acids is 2. The zero-order valence-corrected chi connectivity index (χ0v) is 10.9. The van der Waals surface area contributed by atoms with Crippen LogP contribution in [-0.4, -0.2) is 35.5 Å². The Bertz CT molecular complexity index is 686. The van der Waals surface area contributed by atoms with Crippen LogP contribution in [0.15, 0.2) is 30.5 Å². The summed E-state index contributed by atoms with van der Waals surface area (Å²) in [6.07, 6.45) is 1.82. The van der Waals surface area contributed by atoms with Crippen LogP contribution in [0.4, 0.5) is 5.95 Å². The van der Waals surface area contributed by atoms with Gasteiger partial charge in [-0.3, -0.25) is 14.5 Å². The lowest BCUT2D eigenvalue weighted by Gasteiger charge is -2.14. The van der Waals surface area contributed by atoms with E-state index in [-0.39, 0.29) is 24.8 Å². The maximum Gasteiger partial charge on any atom is 0.311 e. The van der Waals surface area contributed by atoms with Crippen molar-refractivity contribution in [2.45, 2.75) is 6.42 Å². The molecule has 1 aromatic carbocycles. The monoisotopic (exact) mass is 271 g/mol. The van der Waals surface area contributed by atoms with E-state index in [1.807, 2.05) is 24.3 Å². The van der Waals surface area contributed by atoms with Gasteiger partial charge in [-0.25, -0.2) is 9.97 Å². The van der Waals surface area contributed by atoms with Crippen molar-refractivity contribution < 1.29 is 14.3 Å². The highest BCUT2D eigenvalue weighted by molar-refractivity contribution is 5.98. The molecule has 0 spiro atoms. The third kappa shape index (κ3) is 2.09. The maximum absolute atomic E-state index is 12.0. The minimum atomic E-state index is -0.442. The molecule has 1 saturated heterocycles. The molecule has 6 heteroatoms. The molecule has 1 fully saturated rings. The van der Waals surface area contributed by atoms with Gasteiger partial charge >= 0.3 is 5.97 Å². The van der Waals surface area contributed by atoms with Gasteiger partial charge in [0.1, 0.15) is 0 Å². The van der Waals surface area contributed by atoms with Gasteiger partial charge in [0.15, 0.2) is 0 Å². The van der Waals surface area contributed by atoms with E-state index in [0.717, 1.165) is 10.9 Å². The molecule has 1 amide bonds. The van der Waals surface area contributed by atoms with E-state index in [9.17, 15) is 9.59 Å². The summed E-state index contributed by atoms with van der Waals surface area (Å²) in [5.74, 6) is -0.639. The Morgan fingerprint density at radius 2 is 2.20 bits per heavy atom. The SMILES string of the molecule is COC(=O)C1CC(=O)N(c2ncc3ccccc3n2)C1. The predicted molar refractivity (Wildman–Crippen MR) is 72.0 cm³/mol. The minimum Gasteiger partial charge on any atom is -0.469 e. The first kappa shape index (κ1) is 12.5. The molecular formula is C14H13N3O3. The molecule has 3 rings (SSSR count). The van der Waals surface area contributed by atoms with E-state index in [4.69, 9.17) is 0 Å². The zero-order valence-electron chi connectivity index (χ0n) is 10.9. The normalized spacial score (nSPS) is 18.6. The number of amides is 1. The maximum atomic E-state index is 12.0. The van der Waals surface area contributed by atoms with E-state index in [1.165, 1.54) is 12.0 Å². The van der Waals surface area contributed by atoms with Crippen molar-refractivity contribution in [3.63, 3.8) is 0 Å². The highest BCUT2D eigenvalue weighted by Gasteiger charge is 2.37. The van der Waals surface area contributed by atoms with Crippen molar-refractivity contribution in [1.29, 1.82) is 0 Å². The molecule has 1 aliphatic rings. The smallest absolute Gasteiger partial charge is 0.311 e. The number of esters is 1. The Balaban J connectivity index is 1.91. The molecule has 0 N–H and O–H groups in total. The summed E-state index contributed by atoms with van der Waals surface area (Å²) >= 11 is 0. The number of fused-ring (bicyclic) bond motifs is 1. The van der Waals surface area contributed by atoms with Crippen molar-refractivity contribution in [2.75, 3.05) is 18.6 Å². The van der Waals surface area contributed by atoms with Crippen LogP contribution in [0.25, 0.3) is 10.9 Å². The second-order valence-corrected chi connectivity index (χ2v) is 4.66. The van der Waals surface area contributed by atoms with Gasteiger partial charge in [0.05, 0.1) is 18.5 Å². The third-order valence-electron chi connectivity index (χ3n) is 3.38. The van der Waals surface area contributed by atoms with Crippen LogP contribution in [0.3, 0.4) is 0 Å². The fourth-order valence-electron chi connectivity index (χ4n) is 2.32. The number of aromatic nitrogens is 2. The number of anilines is 1. The lowest BCUT2D eigenvalue weighted by atomic mass is 10.1. The van der Waals surface area contributed by atoms with Gasteiger partial charge in [-0.2, -0.15) is 0 Å². The molecule has 1 atom stereocenters. The number of benzene rings is 1. The van der Waals surface area contributed by atoms with Gasteiger partial charge in [-0.15, -0.1) is 0 Å². The fraction of sp³-hybridized carbons (Fsp3) is 0.286. The second kappa shape index (κ2) is 4.88. The van der Waals surface area contributed by atoms with Crippen LogP contribution < -0.4 is 4.90 Å². The quantitative estimate of drug-likeness (QED) is 0.766. The molecular weight excluding hydrogens is 258 g/mol. The number of carbonyl (C=O) groups is 2. The van der Waals surface area contributed by atoms with Crippen LogP contribution in [0.1, 0.15) is 6.42 Å². The lowest BCUT2D eigenvalue weighted by molar-refractivity contribution is -0.145. The number of nitrogens with zero attached hydrogens (tertiary/aromatic N) is 3. The largest absolute Gasteiger partial charge is 0.469 e. The highest BCUT2D eigenvalue weighted by Crippen LogP contribution is 2.24. The van der Waals surface area contributed by atoms with Gasteiger partial charge in [0.25, 0.3) is 0 Å². The second-order valence-electron chi connectivity index (χ2n) is 4.66. The van der Waals surface area contributed by atoms with Gasteiger partial charge in [-0.1, -0.05) is 18.2 Å². The van der Waals surface area contributed by atoms with E-state index in [0.29, 0.717) is 5.95 Å². The first-order valence-electron chi connectivity index (χ1n) is 6.29. The first-order valence-corrected chi connectivity index (χ1v) is 6.29. The predicted octanol–water partition coefficient (Wildman–Crippen LogP) is 1.16. The number of methoxy groups -OCH3 is 1. The Labute approximate surface area is 115 Å². The van der Waals surface area contributed by atoms with Crippen LogP contribution >= 0.6 is 0 Å². The number of para-hydroxylation sites is 1. The summed E-state index contributed by atoms with van der Waals surface area (Å²) in [7, 11) is 1.32. The van der Waals surface area contributed by atoms with E-state index >= 15 is 0 Å². The zero-order chi connectivity index (χ0) is 14.1. The number of ether oxygens (including phenoxy) is 1. The van der Waals surface area contributed by atoms with Gasteiger partial charge in [0.2, 0.25) is 11.9 Å². The lowest BCUT2D eigenvalue weighted by Crippen LogP contribution is -2.27. The van der Waals surface area contributed by atoms with Crippen LogP contribution in [0, 0.1) is 5.92 Å². The molecule has 20 heavy (non-hydrogen) atoms. The van der Waals surface area contributed by atoms with Crippen molar-refractivity contribution in [3.8, 4) is 0 Å². The standard InChI is InChI=1S/C14H13N3O3/c1-20-13(19)10-6-12(18)17(8-10)14-15-7-9-4-2-3-5-11(9)16-14/h2-5,7,10H,6,8H2,1H3. The fourth-order valence-corrected chi connectivity index (χ4v) is 2.32. The molecule has 0 bridgehead atoms. The highest BCUT2D eigenvalue weighted by atomic mass is 16.5. The topological polar surface area (TPSA) is 72.4 Å². The summed E-state index contributed by atoms with van der Waals surface area (Å²) in [6.45, 7) is 0.268. The van der Waals surface area contributed by atoms with E-state index < -0.39 is 5.92 Å². The van der Waals surface area contributed by atoms with Crippen LogP contribution in [0.5, 0.6) is 0 Å². The van der Waals surface area contributed by atoms with Crippen molar-refractivity contribution in [2.24, 2.45) is 5.92 Å². The van der Waals surface area contributed by atoms with E-state index in [1.54, 1.807) is 6.20 Å². The first-order chi connectivity index (χ1) is 9.69. The third-order valence-corrected chi connectivity index (χ3v) is 3.38. The summed E-state index contributed by atoms with van der Waals surface area (Å²) in [5, 5.41) is 0.910. The Hall–Kier alpha value is -2.50. The summed E-state index contributed by atoms with van der Waals surface area (Å²) < 4.78 is 4.68.